The molecule has 0 saturated heterocycles. The predicted molar refractivity (Wildman–Crippen MR) is 72.7 cm³/mol. The molecule has 2 N–H and O–H groups in total. The summed E-state index contributed by atoms with van der Waals surface area (Å²) < 4.78 is 29.4. The zero-order valence-electron chi connectivity index (χ0n) is 10.6. The first-order chi connectivity index (χ1) is 8.91. The zero-order chi connectivity index (χ0) is 14.2. The van der Waals surface area contributed by atoms with Crippen LogP contribution in [-0.2, 0) is 0 Å². The maximum atomic E-state index is 13.8. The summed E-state index contributed by atoms with van der Waals surface area (Å²) >= 11 is 3.35. The Labute approximate surface area is 118 Å². The quantitative estimate of drug-likeness (QED) is 0.935. The van der Waals surface area contributed by atoms with Gasteiger partial charge >= 0.3 is 0 Å². The molecule has 6 heteroatoms. The molecule has 0 amide bonds. The summed E-state index contributed by atoms with van der Waals surface area (Å²) in [6.45, 7) is 3.88. The number of rotatable bonds is 3. The van der Waals surface area contributed by atoms with Gasteiger partial charge in [0.2, 0.25) is 0 Å². The second-order valence-corrected chi connectivity index (χ2v) is 5.41. The molecule has 1 atom stereocenters. The molecule has 2 rings (SSSR count). The molecule has 0 aliphatic rings. The fourth-order valence-electron chi connectivity index (χ4n) is 1.95. The first-order valence-corrected chi connectivity index (χ1v) is 6.64. The Morgan fingerprint density at radius 2 is 2.00 bits per heavy atom. The van der Waals surface area contributed by atoms with Crippen molar-refractivity contribution in [2.75, 3.05) is 0 Å². The van der Waals surface area contributed by atoms with Crippen LogP contribution in [0.1, 0.15) is 37.2 Å². The highest BCUT2D eigenvalue weighted by molar-refractivity contribution is 9.10. The summed E-state index contributed by atoms with van der Waals surface area (Å²) in [4.78, 5) is 0. The van der Waals surface area contributed by atoms with Crippen molar-refractivity contribution in [1.29, 1.82) is 0 Å². The van der Waals surface area contributed by atoms with Gasteiger partial charge in [-0.2, -0.15) is 5.10 Å². The zero-order valence-corrected chi connectivity index (χ0v) is 12.2. The third-order valence-electron chi connectivity index (χ3n) is 2.86. The molecule has 1 heterocycles. The lowest BCUT2D eigenvalue weighted by Gasteiger charge is -2.18. The Hall–Kier alpha value is -1.27. The van der Waals surface area contributed by atoms with E-state index in [0.29, 0.717) is 10.2 Å². The van der Waals surface area contributed by atoms with Gasteiger partial charge in [0.25, 0.3) is 0 Å². The fraction of sp³-hybridized carbons (Fsp3) is 0.308. The van der Waals surface area contributed by atoms with Gasteiger partial charge in [0, 0.05) is 11.6 Å². The summed E-state index contributed by atoms with van der Waals surface area (Å²) in [5, 5.41) is 4.19. The van der Waals surface area contributed by atoms with Crippen LogP contribution in [0.25, 0.3) is 0 Å². The second kappa shape index (κ2) is 5.38. The van der Waals surface area contributed by atoms with Gasteiger partial charge in [0.05, 0.1) is 22.4 Å². The third-order valence-corrected chi connectivity index (χ3v) is 3.47. The first-order valence-electron chi connectivity index (χ1n) is 5.85. The Bertz CT molecular complexity index is 596. The maximum absolute atomic E-state index is 13.8. The standard InChI is InChI=1S/C13H14BrF2N3/c1-7(2)19-13(10(14)6-18-19)12(17)9-5-8(15)3-4-11(9)16/h3-7,12H,17H2,1-2H3. The molecule has 102 valence electrons. The number of aromatic nitrogens is 2. The average Bonchev–Trinajstić information content (AvgIpc) is 2.73. The second-order valence-electron chi connectivity index (χ2n) is 4.56. The van der Waals surface area contributed by atoms with Gasteiger partial charge in [-0.1, -0.05) is 0 Å². The molecule has 1 aromatic carbocycles. The van der Waals surface area contributed by atoms with Crippen molar-refractivity contribution >= 4 is 15.9 Å². The number of benzene rings is 1. The predicted octanol–water partition coefficient (Wildman–Crippen LogP) is 3.55. The van der Waals surface area contributed by atoms with E-state index in [9.17, 15) is 8.78 Å². The largest absolute Gasteiger partial charge is 0.319 e. The van der Waals surface area contributed by atoms with E-state index in [0.717, 1.165) is 18.2 Å². The molecule has 2 aromatic rings. The summed E-state index contributed by atoms with van der Waals surface area (Å²) in [5.41, 5.74) is 6.81. The van der Waals surface area contributed by atoms with Crippen molar-refractivity contribution in [1.82, 2.24) is 9.78 Å². The minimum atomic E-state index is -0.782. The smallest absolute Gasteiger partial charge is 0.128 e. The molecule has 0 spiro atoms. The summed E-state index contributed by atoms with van der Waals surface area (Å²) in [7, 11) is 0. The first kappa shape index (κ1) is 14.1. The lowest BCUT2D eigenvalue weighted by atomic mass is 10.0. The van der Waals surface area contributed by atoms with Gasteiger partial charge in [0.1, 0.15) is 11.6 Å². The van der Waals surface area contributed by atoms with Crippen LogP contribution in [0, 0.1) is 11.6 Å². The van der Waals surface area contributed by atoms with E-state index in [-0.39, 0.29) is 11.6 Å². The molecular formula is C13H14BrF2N3. The normalized spacial score (nSPS) is 13.0. The molecule has 0 aliphatic carbocycles. The van der Waals surface area contributed by atoms with Crippen LogP contribution in [0.15, 0.2) is 28.9 Å². The van der Waals surface area contributed by atoms with Crippen molar-refractivity contribution < 1.29 is 8.78 Å². The van der Waals surface area contributed by atoms with Crippen molar-refractivity contribution in [3.8, 4) is 0 Å². The van der Waals surface area contributed by atoms with Gasteiger partial charge in [-0.3, -0.25) is 4.68 Å². The molecule has 1 unspecified atom stereocenters. The van der Waals surface area contributed by atoms with Crippen LogP contribution < -0.4 is 5.73 Å². The van der Waals surface area contributed by atoms with Crippen molar-refractivity contribution in [2.45, 2.75) is 25.9 Å². The van der Waals surface area contributed by atoms with Gasteiger partial charge in [-0.05, 0) is 48.0 Å². The van der Waals surface area contributed by atoms with E-state index in [1.54, 1.807) is 10.9 Å². The minimum Gasteiger partial charge on any atom is -0.319 e. The Balaban J connectivity index is 2.52. The van der Waals surface area contributed by atoms with Gasteiger partial charge in [-0.25, -0.2) is 8.78 Å². The van der Waals surface area contributed by atoms with Crippen LogP contribution >= 0.6 is 15.9 Å². The van der Waals surface area contributed by atoms with Gasteiger partial charge < -0.3 is 5.73 Å². The van der Waals surface area contributed by atoms with Crippen molar-refractivity contribution in [3.05, 3.63) is 51.8 Å². The number of nitrogens with zero attached hydrogens (tertiary/aromatic N) is 2. The summed E-state index contributed by atoms with van der Waals surface area (Å²) in [6, 6.07) is 2.55. The molecular weight excluding hydrogens is 316 g/mol. The molecule has 1 aromatic heterocycles. The Morgan fingerprint density at radius 1 is 1.32 bits per heavy atom. The Kier molecular flexibility index (Phi) is 4.01. The summed E-state index contributed by atoms with van der Waals surface area (Å²) in [5.74, 6) is -1.05. The van der Waals surface area contributed by atoms with Crippen LogP contribution in [0.2, 0.25) is 0 Å². The van der Waals surface area contributed by atoms with Crippen LogP contribution in [-0.4, -0.2) is 9.78 Å². The maximum Gasteiger partial charge on any atom is 0.128 e. The number of nitrogens with two attached hydrogens (primary N) is 1. The number of hydrogen-bond donors (Lipinski definition) is 1. The molecule has 0 fully saturated rings. The lowest BCUT2D eigenvalue weighted by molar-refractivity contribution is 0.491. The lowest BCUT2D eigenvalue weighted by Crippen LogP contribution is -2.20. The highest BCUT2D eigenvalue weighted by Crippen LogP contribution is 2.30. The molecule has 19 heavy (non-hydrogen) atoms. The van der Waals surface area contributed by atoms with Crippen LogP contribution in [0.3, 0.4) is 0 Å². The van der Waals surface area contributed by atoms with Crippen molar-refractivity contribution in [2.24, 2.45) is 5.73 Å². The SMILES string of the molecule is CC(C)n1ncc(Br)c1C(N)c1cc(F)ccc1F. The molecule has 0 saturated carbocycles. The fourth-order valence-corrected chi connectivity index (χ4v) is 2.47. The number of halogens is 3. The van der Waals surface area contributed by atoms with Crippen molar-refractivity contribution in [3.63, 3.8) is 0 Å². The summed E-state index contributed by atoms with van der Waals surface area (Å²) in [6.07, 6.45) is 1.60. The Morgan fingerprint density at radius 3 is 2.63 bits per heavy atom. The monoisotopic (exact) mass is 329 g/mol. The molecule has 0 bridgehead atoms. The average molecular weight is 330 g/mol. The highest BCUT2D eigenvalue weighted by atomic mass is 79.9. The highest BCUT2D eigenvalue weighted by Gasteiger charge is 2.22. The van der Waals surface area contributed by atoms with Crippen LogP contribution in [0.5, 0.6) is 0 Å². The number of hydrogen-bond acceptors (Lipinski definition) is 2. The topological polar surface area (TPSA) is 43.8 Å². The van der Waals surface area contributed by atoms with E-state index >= 15 is 0 Å². The van der Waals surface area contributed by atoms with E-state index in [1.165, 1.54) is 0 Å². The third kappa shape index (κ3) is 2.69. The van der Waals surface area contributed by atoms with Crippen LogP contribution in [0.4, 0.5) is 8.78 Å². The van der Waals surface area contributed by atoms with Gasteiger partial charge in [0.15, 0.2) is 0 Å². The molecule has 0 aliphatic heterocycles. The van der Waals surface area contributed by atoms with E-state index in [1.807, 2.05) is 13.8 Å². The minimum absolute atomic E-state index is 0.0731. The van der Waals surface area contributed by atoms with E-state index in [4.69, 9.17) is 5.73 Å². The molecule has 3 nitrogen and oxygen atoms in total. The van der Waals surface area contributed by atoms with E-state index in [2.05, 4.69) is 21.0 Å². The van der Waals surface area contributed by atoms with E-state index < -0.39 is 17.7 Å². The van der Waals surface area contributed by atoms with Gasteiger partial charge in [-0.15, -0.1) is 0 Å². The molecule has 0 radical (unpaired) electrons.